The predicted octanol–water partition coefficient (Wildman–Crippen LogP) is 2.75. The molecule has 0 heterocycles. The van der Waals surface area contributed by atoms with Crippen LogP contribution >= 0.6 is 0 Å². The van der Waals surface area contributed by atoms with Crippen LogP contribution in [0.25, 0.3) is 0 Å². The van der Waals surface area contributed by atoms with Gasteiger partial charge in [-0.05, 0) is 20.3 Å². The molecule has 0 amide bonds. The Bertz CT molecular complexity index is 579. The maximum absolute atomic E-state index is 12.3. The van der Waals surface area contributed by atoms with E-state index < -0.39 is 0 Å². The van der Waals surface area contributed by atoms with Crippen LogP contribution in [0.2, 0.25) is 0 Å². The number of carbonyl (C=O) groups excluding carboxylic acids is 3. The van der Waals surface area contributed by atoms with Crippen molar-refractivity contribution >= 4 is 17.3 Å². The third kappa shape index (κ3) is 2.04. The van der Waals surface area contributed by atoms with Crippen LogP contribution in [0.4, 0.5) is 0 Å². The van der Waals surface area contributed by atoms with Gasteiger partial charge in [0.2, 0.25) is 0 Å². The van der Waals surface area contributed by atoms with Gasteiger partial charge in [0.15, 0.2) is 11.6 Å². The van der Waals surface area contributed by atoms with Crippen LogP contribution < -0.4 is 0 Å². The van der Waals surface area contributed by atoms with Crippen LogP contribution in [0.1, 0.15) is 47.4 Å². The highest BCUT2D eigenvalue weighted by Gasteiger charge is 2.28. The monoisotopic (exact) mass is 242 g/mol. The van der Waals surface area contributed by atoms with E-state index >= 15 is 0 Å². The topological polar surface area (TPSA) is 51.2 Å². The Labute approximate surface area is 106 Å². The molecule has 1 aliphatic rings. The van der Waals surface area contributed by atoms with Gasteiger partial charge in [0.25, 0.3) is 0 Å². The molecule has 0 unspecified atom stereocenters. The highest BCUT2D eigenvalue weighted by Crippen LogP contribution is 2.28. The number of Topliss-reactive ketones (excluding diaryl/α,β-unsaturated/α-hetero) is 3. The summed E-state index contributed by atoms with van der Waals surface area (Å²) in [6, 6.07) is 6.82. The summed E-state index contributed by atoms with van der Waals surface area (Å²) in [6.07, 6.45) is 0.647. The minimum atomic E-state index is -0.121. The fraction of sp³-hybridized carbons (Fsp3) is 0.267. The van der Waals surface area contributed by atoms with Gasteiger partial charge < -0.3 is 4.79 Å². The van der Waals surface area contributed by atoms with Crippen molar-refractivity contribution in [2.24, 2.45) is 0 Å². The van der Waals surface area contributed by atoms with Crippen molar-refractivity contribution in [3.63, 3.8) is 0 Å². The summed E-state index contributed by atoms with van der Waals surface area (Å²) in [5.41, 5.74) is 1.87. The number of benzene rings is 1. The normalized spacial score (nSPS) is 14.8. The van der Waals surface area contributed by atoms with Crippen molar-refractivity contribution in [3.05, 3.63) is 46.5 Å². The molecular weight excluding hydrogens is 228 g/mol. The quantitative estimate of drug-likeness (QED) is 0.818. The molecule has 0 N–H and O–H groups in total. The number of rotatable bonds is 3. The Balaban J connectivity index is 2.43. The van der Waals surface area contributed by atoms with Crippen LogP contribution in [0, 0.1) is 0 Å². The van der Waals surface area contributed by atoms with Gasteiger partial charge in [-0.25, -0.2) is 0 Å². The van der Waals surface area contributed by atoms with Crippen LogP contribution in [0.3, 0.4) is 0 Å². The SMILES string of the molecule is CC(=O)CCC1=C(C)C(=O)c2ccccc2C1=O. The second-order valence-electron chi connectivity index (χ2n) is 4.51. The van der Waals surface area contributed by atoms with Crippen LogP contribution in [-0.4, -0.2) is 17.3 Å². The van der Waals surface area contributed by atoms with Gasteiger partial charge in [0.1, 0.15) is 5.78 Å². The third-order valence-corrected chi connectivity index (χ3v) is 3.21. The molecule has 0 atom stereocenters. The molecule has 0 radical (unpaired) electrons. The van der Waals surface area contributed by atoms with E-state index in [-0.39, 0.29) is 17.3 Å². The van der Waals surface area contributed by atoms with Crippen molar-refractivity contribution < 1.29 is 14.4 Å². The fourth-order valence-corrected chi connectivity index (χ4v) is 2.15. The zero-order valence-electron chi connectivity index (χ0n) is 10.4. The van der Waals surface area contributed by atoms with E-state index in [4.69, 9.17) is 0 Å². The Morgan fingerprint density at radius 1 is 1.06 bits per heavy atom. The molecule has 0 bridgehead atoms. The van der Waals surface area contributed by atoms with E-state index in [2.05, 4.69) is 0 Å². The highest BCUT2D eigenvalue weighted by atomic mass is 16.1. The minimum absolute atomic E-state index is 0.0226. The Morgan fingerprint density at radius 3 is 2.17 bits per heavy atom. The molecular formula is C15H14O3. The Kier molecular flexibility index (Phi) is 3.24. The molecule has 18 heavy (non-hydrogen) atoms. The van der Waals surface area contributed by atoms with Gasteiger partial charge in [0.05, 0.1) is 0 Å². The van der Waals surface area contributed by atoms with Crippen molar-refractivity contribution in [2.75, 3.05) is 0 Å². The number of hydrogen-bond acceptors (Lipinski definition) is 3. The number of ketones is 3. The molecule has 0 spiro atoms. The molecule has 0 fully saturated rings. The van der Waals surface area contributed by atoms with Gasteiger partial charge in [0, 0.05) is 28.7 Å². The van der Waals surface area contributed by atoms with Gasteiger partial charge in [-0.3, -0.25) is 9.59 Å². The zero-order valence-corrected chi connectivity index (χ0v) is 10.4. The van der Waals surface area contributed by atoms with Gasteiger partial charge in [-0.15, -0.1) is 0 Å². The summed E-state index contributed by atoms with van der Waals surface area (Å²) >= 11 is 0. The first-order valence-corrected chi connectivity index (χ1v) is 5.90. The lowest BCUT2D eigenvalue weighted by Gasteiger charge is -2.18. The highest BCUT2D eigenvalue weighted by molar-refractivity contribution is 6.26. The molecule has 1 aromatic rings. The van der Waals surface area contributed by atoms with Crippen molar-refractivity contribution in [3.8, 4) is 0 Å². The second-order valence-corrected chi connectivity index (χ2v) is 4.51. The average Bonchev–Trinajstić information content (AvgIpc) is 2.36. The van der Waals surface area contributed by atoms with E-state index in [9.17, 15) is 14.4 Å². The number of fused-ring (bicyclic) bond motifs is 1. The molecule has 0 aromatic heterocycles. The number of allylic oxidation sites excluding steroid dienone is 2. The molecule has 3 nitrogen and oxygen atoms in total. The first-order chi connectivity index (χ1) is 8.52. The predicted molar refractivity (Wildman–Crippen MR) is 67.7 cm³/mol. The standard InChI is InChI=1S/C15H14O3/c1-9(16)7-8-11-10(2)14(17)12-5-3-4-6-13(12)15(11)18/h3-6H,7-8H2,1-2H3. The van der Waals surface area contributed by atoms with Crippen molar-refractivity contribution in [2.45, 2.75) is 26.7 Å². The van der Waals surface area contributed by atoms with Gasteiger partial charge in [-0.2, -0.15) is 0 Å². The van der Waals surface area contributed by atoms with E-state index in [1.54, 1.807) is 31.2 Å². The number of carbonyl (C=O) groups is 3. The third-order valence-electron chi connectivity index (χ3n) is 3.21. The molecule has 1 aliphatic carbocycles. The summed E-state index contributed by atoms with van der Waals surface area (Å²) in [5.74, 6) is -0.206. The van der Waals surface area contributed by atoms with Crippen LogP contribution in [-0.2, 0) is 4.79 Å². The van der Waals surface area contributed by atoms with Crippen LogP contribution in [0.15, 0.2) is 35.4 Å². The molecule has 0 aliphatic heterocycles. The molecule has 3 heteroatoms. The molecule has 2 rings (SSSR count). The first-order valence-electron chi connectivity index (χ1n) is 5.90. The Hall–Kier alpha value is -2.03. The van der Waals surface area contributed by atoms with Gasteiger partial charge >= 0.3 is 0 Å². The average molecular weight is 242 g/mol. The summed E-state index contributed by atoms with van der Waals surface area (Å²) in [6.45, 7) is 3.14. The summed E-state index contributed by atoms with van der Waals surface area (Å²) in [4.78, 5) is 35.4. The summed E-state index contributed by atoms with van der Waals surface area (Å²) < 4.78 is 0. The Morgan fingerprint density at radius 2 is 1.61 bits per heavy atom. The van der Waals surface area contributed by atoms with Crippen molar-refractivity contribution in [1.29, 1.82) is 0 Å². The lowest BCUT2D eigenvalue weighted by atomic mass is 9.83. The van der Waals surface area contributed by atoms with E-state index in [1.807, 2.05) is 0 Å². The van der Waals surface area contributed by atoms with Crippen LogP contribution in [0.5, 0.6) is 0 Å². The van der Waals surface area contributed by atoms with E-state index in [1.165, 1.54) is 6.92 Å². The van der Waals surface area contributed by atoms with E-state index in [0.717, 1.165) is 0 Å². The van der Waals surface area contributed by atoms with Crippen molar-refractivity contribution in [1.82, 2.24) is 0 Å². The molecule has 0 saturated heterocycles. The van der Waals surface area contributed by atoms with Gasteiger partial charge in [-0.1, -0.05) is 24.3 Å². The number of hydrogen-bond donors (Lipinski definition) is 0. The molecule has 1 aromatic carbocycles. The minimum Gasteiger partial charge on any atom is -0.300 e. The summed E-state index contributed by atoms with van der Waals surface area (Å²) in [5, 5.41) is 0. The summed E-state index contributed by atoms with van der Waals surface area (Å²) in [7, 11) is 0. The fourth-order valence-electron chi connectivity index (χ4n) is 2.15. The molecule has 0 saturated carbocycles. The smallest absolute Gasteiger partial charge is 0.190 e. The maximum atomic E-state index is 12.3. The second kappa shape index (κ2) is 4.69. The lowest BCUT2D eigenvalue weighted by molar-refractivity contribution is -0.116. The largest absolute Gasteiger partial charge is 0.300 e. The lowest BCUT2D eigenvalue weighted by Crippen LogP contribution is -2.21. The molecule has 92 valence electrons. The first kappa shape index (κ1) is 12.4. The zero-order chi connectivity index (χ0) is 13.3. The maximum Gasteiger partial charge on any atom is 0.190 e. The van der Waals surface area contributed by atoms with E-state index in [0.29, 0.717) is 35.1 Å².